The molecule has 0 amide bonds. The van der Waals surface area contributed by atoms with Crippen LogP contribution < -0.4 is 10.5 Å². The maximum atomic E-state index is 13.7. The summed E-state index contributed by atoms with van der Waals surface area (Å²) in [6, 6.07) is 4.42. The maximum absolute atomic E-state index is 13.7. The second-order valence-electron chi connectivity index (χ2n) is 4.74. The quantitative estimate of drug-likeness (QED) is 0.897. The lowest BCUT2D eigenvalue weighted by Gasteiger charge is -2.23. The number of ether oxygens (including phenoxy) is 2. The fraction of sp³-hybridized carbons (Fsp3) is 0.571. The van der Waals surface area contributed by atoms with Gasteiger partial charge >= 0.3 is 0 Å². The van der Waals surface area contributed by atoms with E-state index in [0.29, 0.717) is 17.9 Å². The molecule has 2 atom stereocenters. The summed E-state index contributed by atoms with van der Waals surface area (Å²) in [7, 11) is 0. The van der Waals surface area contributed by atoms with Crippen LogP contribution in [0.2, 0.25) is 0 Å². The Labute approximate surface area is 107 Å². The first kappa shape index (κ1) is 13.3. The van der Waals surface area contributed by atoms with Crippen LogP contribution in [0.3, 0.4) is 0 Å². The lowest BCUT2D eigenvalue weighted by Crippen LogP contribution is -2.26. The Hall–Kier alpha value is -1.13. The van der Waals surface area contributed by atoms with E-state index in [2.05, 4.69) is 0 Å². The molecule has 18 heavy (non-hydrogen) atoms. The smallest absolute Gasteiger partial charge is 0.131 e. The van der Waals surface area contributed by atoms with E-state index in [4.69, 9.17) is 15.2 Å². The first-order valence-electron chi connectivity index (χ1n) is 6.47. The summed E-state index contributed by atoms with van der Waals surface area (Å²) >= 11 is 0. The van der Waals surface area contributed by atoms with Crippen LogP contribution in [-0.4, -0.2) is 19.3 Å². The highest BCUT2D eigenvalue weighted by Crippen LogP contribution is 2.27. The van der Waals surface area contributed by atoms with Crippen molar-refractivity contribution < 1.29 is 13.9 Å². The Balaban J connectivity index is 2.02. The predicted molar refractivity (Wildman–Crippen MR) is 68.1 cm³/mol. The first-order chi connectivity index (χ1) is 8.68. The van der Waals surface area contributed by atoms with Crippen molar-refractivity contribution in [3.63, 3.8) is 0 Å². The van der Waals surface area contributed by atoms with E-state index < -0.39 is 0 Å². The standard InChI is InChI=1S/C14H20FNO2/c1-10(16)14-12(15)6-4-7-13(14)18-9-11-5-2-3-8-17-11/h4,6-7,10-11H,2-3,5,8-9,16H2,1H3/t10-,11?/m0/s1. The zero-order chi connectivity index (χ0) is 13.0. The zero-order valence-corrected chi connectivity index (χ0v) is 10.7. The van der Waals surface area contributed by atoms with Crippen LogP contribution in [0, 0.1) is 5.82 Å². The molecule has 1 fully saturated rings. The molecule has 1 aromatic carbocycles. The van der Waals surface area contributed by atoms with Crippen molar-refractivity contribution in [2.75, 3.05) is 13.2 Å². The minimum atomic E-state index is -0.381. The van der Waals surface area contributed by atoms with Crippen molar-refractivity contribution in [3.8, 4) is 5.75 Å². The maximum Gasteiger partial charge on any atom is 0.131 e. The molecular weight excluding hydrogens is 233 g/mol. The molecule has 1 aliphatic rings. The second-order valence-corrected chi connectivity index (χ2v) is 4.74. The van der Waals surface area contributed by atoms with E-state index in [9.17, 15) is 4.39 Å². The SMILES string of the molecule is C[C@H](N)c1c(F)cccc1OCC1CCCCO1. The Morgan fingerprint density at radius 1 is 1.50 bits per heavy atom. The summed E-state index contributed by atoms with van der Waals surface area (Å²) < 4.78 is 24.9. The molecule has 0 radical (unpaired) electrons. The van der Waals surface area contributed by atoms with E-state index in [-0.39, 0.29) is 18.0 Å². The lowest BCUT2D eigenvalue weighted by molar-refractivity contribution is -0.0113. The molecule has 1 heterocycles. The molecular formula is C14H20FNO2. The second kappa shape index (κ2) is 6.16. The van der Waals surface area contributed by atoms with E-state index in [1.165, 1.54) is 6.07 Å². The van der Waals surface area contributed by atoms with Gasteiger partial charge in [0, 0.05) is 18.2 Å². The number of halogens is 1. The van der Waals surface area contributed by atoms with Crippen LogP contribution in [0.4, 0.5) is 4.39 Å². The van der Waals surface area contributed by atoms with Crippen molar-refractivity contribution in [2.24, 2.45) is 5.73 Å². The molecule has 0 saturated carbocycles. The Bertz CT molecular complexity index is 389. The molecule has 1 unspecified atom stereocenters. The summed E-state index contributed by atoms with van der Waals surface area (Å²) in [4.78, 5) is 0. The van der Waals surface area contributed by atoms with Crippen LogP contribution in [0.1, 0.15) is 37.8 Å². The normalized spacial score (nSPS) is 21.6. The first-order valence-corrected chi connectivity index (χ1v) is 6.47. The van der Waals surface area contributed by atoms with Gasteiger partial charge in [0.2, 0.25) is 0 Å². The highest BCUT2D eigenvalue weighted by molar-refractivity contribution is 5.36. The van der Waals surface area contributed by atoms with E-state index in [1.807, 2.05) is 0 Å². The van der Waals surface area contributed by atoms with Gasteiger partial charge in [-0.2, -0.15) is 0 Å². The molecule has 0 aliphatic carbocycles. The van der Waals surface area contributed by atoms with Crippen molar-refractivity contribution in [1.29, 1.82) is 0 Å². The summed E-state index contributed by atoms with van der Waals surface area (Å²) in [5.74, 6) is 0.214. The minimum Gasteiger partial charge on any atom is -0.490 e. The fourth-order valence-electron chi connectivity index (χ4n) is 2.21. The average molecular weight is 253 g/mol. The number of hydrogen-bond donors (Lipinski definition) is 1. The van der Waals surface area contributed by atoms with Gasteiger partial charge in [-0.05, 0) is 38.3 Å². The fourth-order valence-corrected chi connectivity index (χ4v) is 2.21. The molecule has 1 aliphatic heterocycles. The summed E-state index contributed by atoms with van der Waals surface area (Å²) in [6.45, 7) is 3.00. The molecule has 1 aromatic rings. The Morgan fingerprint density at radius 2 is 2.33 bits per heavy atom. The molecule has 2 rings (SSSR count). The van der Waals surface area contributed by atoms with E-state index >= 15 is 0 Å². The highest BCUT2D eigenvalue weighted by atomic mass is 19.1. The van der Waals surface area contributed by atoms with Crippen molar-refractivity contribution in [2.45, 2.75) is 38.3 Å². The number of hydrogen-bond acceptors (Lipinski definition) is 3. The molecule has 0 aromatic heterocycles. The zero-order valence-electron chi connectivity index (χ0n) is 10.7. The van der Waals surface area contributed by atoms with E-state index in [1.54, 1.807) is 19.1 Å². The van der Waals surface area contributed by atoms with Gasteiger partial charge < -0.3 is 15.2 Å². The van der Waals surface area contributed by atoms with Crippen LogP contribution in [-0.2, 0) is 4.74 Å². The van der Waals surface area contributed by atoms with E-state index in [0.717, 1.165) is 25.9 Å². The number of benzene rings is 1. The van der Waals surface area contributed by atoms with Crippen LogP contribution >= 0.6 is 0 Å². The van der Waals surface area contributed by atoms with Crippen molar-refractivity contribution >= 4 is 0 Å². The third-order valence-electron chi connectivity index (χ3n) is 3.17. The van der Waals surface area contributed by atoms with Crippen LogP contribution in [0.25, 0.3) is 0 Å². The number of nitrogens with two attached hydrogens (primary N) is 1. The van der Waals surface area contributed by atoms with Gasteiger partial charge in [0.25, 0.3) is 0 Å². The Morgan fingerprint density at radius 3 is 3.00 bits per heavy atom. The van der Waals surface area contributed by atoms with Crippen LogP contribution in [0.5, 0.6) is 5.75 Å². The molecule has 1 saturated heterocycles. The largest absolute Gasteiger partial charge is 0.490 e. The predicted octanol–water partition coefficient (Wildman–Crippen LogP) is 2.79. The third-order valence-corrected chi connectivity index (χ3v) is 3.17. The van der Waals surface area contributed by atoms with Gasteiger partial charge in [-0.15, -0.1) is 0 Å². The molecule has 3 nitrogen and oxygen atoms in total. The Kier molecular flexibility index (Phi) is 4.55. The minimum absolute atomic E-state index is 0.114. The topological polar surface area (TPSA) is 44.5 Å². The highest BCUT2D eigenvalue weighted by Gasteiger charge is 2.17. The number of rotatable bonds is 4. The summed E-state index contributed by atoms with van der Waals surface area (Å²) in [5, 5.41) is 0. The molecule has 2 N–H and O–H groups in total. The monoisotopic (exact) mass is 253 g/mol. The van der Waals surface area contributed by atoms with Gasteiger partial charge in [0.15, 0.2) is 0 Å². The van der Waals surface area contributed by atoms with Crippen molar-refractivity contribution in [1.82, 2.24) is 0 Å². The molecule has 0 bridgehead atoms. The third kappa shape index (κ3) is 3.21. The van der Waals surface area contributed by atoms with Gasteiger partial charge in [0.05, 0.1) is 6.10 Å². The lowest BCUT2D eigenvalue weighted by atomic mass is 10.1. The summed E-state index contributed by atoms with van der Waals surface area (Å²) in [5.41, 5.74) is 6.21. The van der Waals surface area contributed by atoms with Crippen LogP contribution in [0.15, 0.2) is 18.2 Å². The molecule has 0 spiro atoms. The average Bonchev–Trinajstić information content (AvgIpc) is 2.37. The molecule has 100 valence electrons. The summed E-state index contributed by atoms with van der Waals surface area (Å²) in [6.07, 6.45) is 3.39. The van der Waals surface area contributed by atoms with Crippen molar-refractivity contribution in [3.05, 3.63) is 29.6 Å². The molecule has 4 heteroatoms. The van der Waals surface area contributed by atoms with Gasteiger partial charge in [-0.25, -0.2) is 4.39 Å². The van der Waals surface area contributed by atoms with Gasteiger partial charge in [0.1, 0.15) is 18.2 Å². The van der Waals surface area contributed by atoms with Gasteiger partial charge in [-0.1, -0.05) is 6.07 Å². The van der Waals surface area contributed by atoms with Gasteiger partial charge in [-0.3, -0.25) is 0 Å².